The van der Waals surface area contributed by atoms with Crippen LogP contribution in [0, 0.1) is 10.1 Å². The van der Waals surface area contributed by atoms with Gasteiger partial charge in [0.2, 0.25) is 5.78 Å². The van der Waals surface area contributed by atoms with E-state index in [9.17, 15) is 19.7 Å². The maximum Gasteiger partial charge on any atom is 0.346 e. The number of nitrogens with zero attached hydrogens (tertiary/aromatic N) is 2. The predicted octanol–water partition coefficient (Wildman–Crippen LogP) is 4.06. The lowest BCUT2D eigenvalue weighted by Crippen LogP contribution is -2.04. The third-order valence-corrected chi connectivity index (χ3v) is 5.12. The van der Waals surface area contributed by atoms with Gasteiger partial charge in [-0.25, -0.2) is 9.78 Å². The van der Waals surface area contributed by atoms with Gasteiger partial charge in [-0.3, -0.25) is 14.9 Å². The molecule has 29 heavy (non-hydrogen) atoms. The molecule has 0 aliphatic carbocycles. The maximum absolute atomic E-state index is 12.6. The zero-order valence-electron chi connectivity index (χ0n) is 14.9. The molecular weight excluding hydrogens is 396 g/mol. The van der Waals surface area contributed by atoms with Crippen molar-refractivity contribution in [3.63, 3.8) is 0 Å². The number of hydrogen-bond acceptors (Lipinski definition) is 8. The van der Waals surface area contributed by atoms with Crippen molar-refractivity contribution in [2.24, 2.45) is 0 Å². The van der Waals surface area contributed by atoms with E-state index in [0.29, 0.717) is 21.7 Å². The molecule has 4 aromatic rings. The average Bonchev–Trinajstić information content (AvgIpc) is 3.22. The van der Waals surface area contributed by atoms with Crippen LogP contribution < -0.4 is 10.4 Å². The Morgan fingerprint density at radius 1 is 1.17 bits per heavy atom. The van der Waals surface area contributed by atoms with Crippen LogP contribution in [0.2, 0.25) is 0 Å². The molecule has 2 aromatic carbocycles. The second-order valence-corrected chi connectivity index (χ2v) is 6.88. The number of nitro benzene ring substituents is 1. The van der Waals surface area contributed by atoms with Gasteiger partial charge in [-0.15, -0.1) is 11.3 Å². The molecule has 0 atom stereocenters. The normalized spacial score (nSPS) is 10.8. The number of ether oxygens (including phenoxy) is 1. The molecule has 0 unspecified atom stereocenters. The van der Waals surface area contributed by atoms with Crippen molar-refractivity contribution in [2.45, 2.75) is 0 Å². The highest BCUT2D eigenvalue weighted by atomic mass is 32.1. The Labute approximate surface area is 167 Å². The number of benzene rings is 2. The van der Waals surface area contributed by atoms with E-state index in [1.807, 2.05) is 0 Å². The summed E-state index contributed by atoms with van der Waals surface area (Å²) in [7, 11) is 1.53. The molecule has 2 heterocycles. The van der Waals surface area contributed by atoms with Gasteiger partial charge in [0, 0.05) is 28.5 Å². The average molecular weight is 408 g/mol. The molecule has 9 heteroatoms. The first kappa shape index (κ1) is 18.5. The molecule has 144 valence electrons. The first-order chi connectivity index (χ1) is 14.0. The molecule has 0 amide bonds. The summed E-state index contributed by atoms with van der Waals surface area (Å²) < 4.78 is 10.3. The van der Waals surface area contributed by atoms with Crippen LogP contribution in [0.15, 0.2) is 63.1 Å². The summed E-state index contributed by atoms with van der Waals surface area (Å²) in [6, 6.07) is 12.0. The lowest BCUT2D eigenvalue weighted by atomic mass is 10.1. The number of nitro groups is 1. The van der Waals surface area contributed by atoms with Crippen LogP contribution in [0.1, 0.15) is 16.1 Å². The Hall–Kier alpha value is -3.85. The van der Waals surface area contributed by atoms with Crippen LogP contribution in [0.5, 0.6) is 5.75 Å². The van der Waals surface area contributed by atoms with Crippen molar-refractivity contribution < 1.29 is 18.9 Å². The maximum atomic E-state index is 12.6. The van der Waals surface area contributed by atoms with Crippen molar-refractivity contribution in [1.29, 1.82) is 0 Å². The summed E-state index contributed by atoms with van der Waals surface area (Å²) in [6.07, 6.45) is 0. The van der Waals surface area contributed by atoms with Gasteiger partial charge in [-0.2, -0.15) is 0 Å². The fourth-order valence-electron chi connectivity index (χ4n) is 2.77. The smallest absolute Gasteiger partial charge is 0.346 e. The Balaban J connectivity index is 1.72. The molecule has 0 fully saturated rings. The summed E-state index contributed by atoms with van der Waals surface area (Å²) in [5, 5.41) is 13.2. The van der Waals surface area contributed by atoms with Crippen molar-refractivity contribution in [1.82, 2.24) is 4.98 Å². The second kappa shape index (κ2) is 7.28. The third-order valence-electron chi connectivity index (χ3n) is 4.25. The minimum atomic E-state index is -0.635. The number of thiazole rings is 1. The molecule has 0 radical (unpaired) electrons. The zero-order valence-corrected chi connectivity index (χ0v) is 15.8. The van der Waals surface area contributed by atoms with Gasteiger partial charge in [0.25, 0.3) is 5.69 Å². The van der Waals surface area contributed by atoms with E-state index in [-0.39, 0.29) is 28.3 Å². The summed E-state index contributed by atoms with van der Waals surface area (Å²) in [5.74, 6) is 0.333. The quantitative estimate of drug-likeness (QED) is 0.212. The molecule has 0 aliphatic rings. The molecule has 0 saturated heterocycles. The van der Waals surface area contributed by atoms with Crippen LogP contribution in [0.3, 0.4) is 0 Å². The number of methoxy groups -OCH3 is 1. The minimum Gasteiger partial charge on any atom is -0.497 e. The van der Waals surface area contributed by atoms with Crippen LogP contribution in [-0.4, -0.2) is 22.8 Å². The van der Waals surface area contributed by atoms with Gasteiger partial charge >= 0.3 is 5.63 Å². The van der Waals surface area contributed by atoms with Crippen LogP contribution in [-0.2, 0) is 0 Å². The fourth-order valence-corrected chi connectivity index (χ4v) is 3.57. The Morgan fingerprint density at radius 2 is 1.93 bits per heavy atom. The number of carbonyl (C=O) groups excluding carboxylic acids is 1. The molecule has 0 spiro atoms. The van der Waals surface area contributed by atoms with Crippen LogP contribution in [0.25, 0.3) is 21.5 Å². The third kappa shape index (κ3) is 3.50. The molecule has 0 N–H and O–H groups in total. The van der Waals surface area contributed by atoms with E-state index in [1.54, 1.807) is 29.6 Å². The number of hydrogen-bond donors (Lipinski definition) is 0. The summed E-state index contributed by atoms with van der Waals surface area (Å²) in [4.78, 5) is 39.7. The van der Waals surface area contributed by atoms with Crippen molar-refractivity contribution in [3.05, 3.63) is 85.7 Å². The highest BCUT2D eigenvalue weighted by Crippen LogP contribution is 2.27. The van der Waals surface area contributed by atoms with E-state index < -0.39 is 10.5 Å². The molecule has 2 aromatic heterocycles. The van der Waals surface area contributed by atoms with E-state index in [0.717, 1.165) is 11.3 Å². The first-order valence-corrected chi connectivity index (χ1v) is 9.21. The minimum absolute atomic E-state index is 0.119. The largest absolute Gasteiger partial charge is 0.497 e. The Morgan fingerprint density at radius 3 is 2.62 bits per heavy atom. The highest BCUT2D eigenvalue weighted by molar-refractivity contribution is 7.13. The number of fused-ring (bicyclic) bond motifs is 1. The van der Waals surface area contributed by atoms with E-state index >= 15 is 0 Å². The fraction of sp³-hybridized carbons (Fsp3) is 0.0500. The Kier molecular flexibility index (Phi) is 4.65. The van der Waals surface area contributed by atoms with Crippen LogP contribution >= 0.6 is 11.3 Å². The number of non-ortho nitro benzene ring substituents is 1. The molecule has 0 aliphatic heterocycles. The SMILES string of the molecule is COc1ccc(C(=O)c2csc(-c3cc4cc([N+](=O)[O-])ccc4oc3=O)n2)cc1. The molecule has 8 nitrogen and oxygen atoms in total. The lowest BCUT2D eigenvalue weighted by molar-refractivity contribution is -0.384. The zero-order chi connectivity index (χ0) is 20.5. The van der Waals surface area contributed by atoms with Gasteiger partial charge < -0.3 is 9.15 Å². The van der Waals surface area contributed by atoms with Crippen molar-refractivity contribution in [2.75, 3.05) is 7.11 Å². The highest BCUT2D eigenvalue weighted by Gasteiger charge is 2.18. The number of rotatable bonds is 5. The Bertz CT molecular complexity index is 1310. The van der Waals surface area contributed by atoms with Gasteiger partial charge in [-0.1, -0.05) is 0 Å². The van der Waals surface area contributed by atoms with E-state index in [2.05, 4.69) is 4.98 Å². The topological polar surface area (TPSA) is 113 Å². The summed E-state index contributed by atoms with van der Waals surface area (Å²) >= 11 is 1.12. The van der Waals surface area contributed by atoms with Crippen molar-refractivity contribution >= 4 is 33.8 Å². The molecule has 4 rings (SSSR count). The van der Waals surface area contributed by atoms with Crippen molar-refractivity contribution in [3.8, 4) is 16.3 Å². The molecule has 0 bridgehead atoms. The van der Waals surface area contributed by atoms with Gasteiger partial charge in [0.15, 0.2) is 0 Å². The van der Waals surface area contributed by atoms with Crippen LogP contribution in [0.4, 0.5) is 5.69 Å². The summed E-state index contributed by atoms with van der Waals surface area (Å²) in [6.45, 7) is 0. The standard InChI is InChI=1S/C20H12N2O6S/c1-27-14-5-2-11(3-6-14)18(23)16-10-29-19(21-16)15-9-12-8-13(22(25)26)4-7-17(12)28-20(15)24/h2-10H,1H3. The van der Waals surface area contributed by atoms with E-state index in [1.165, 1.54) is 31.4 Å². The van der Waals surface area contributed by atoms with E-state index in [4.69, 9.17) is 9.15 Å². The number of ketones is 1. The monoisotopic (exact) mass is 408 g/mol. The van der Waals surface area contributed by atoms with Gasteiger partial charge in [0.1, 0.15) is 22.0 Å². The second-order valence-electron chi connectivity index (χ2n) is 6.02. The molecular formula is C20H12N2O6S. The lowest BCUT2D eigenvalue weighted by Gasteiger charge is -2.01. The van der Waals surface area contributed by atoms with Gasteiger partial charge in [0.05, 0.1) is 17.6 Å². The number of aromatic nitrogens is 1. The van der Waals surface area contributed by atoms with Gasteiger partial charge in [-0.05, 0) is 36.4 Å². The predicted molar refractivity (Wildman–Crippen MR) is 107 cm³/mol. The summed E-state index contributed by atoms with van der Waals surface area (Å²) in [5.41, 5.74) is 0.237. The number of carbonyl (C=O) groups is 1. The molecule has 0 saturated carbocycles. The first-order valence-electron chi connectivity index (χ1n) is 8.33.